The minimum absolute atomic E-state index is 0.199. The Labute approximate surface area is 157 Å². The SMILES string of the molecule is CCN1CCN(C(=O)N2CCCC(Oc3cc(C#N)ccn3)C2)C(=O)C1=O. The van der Waals surface area contributed by atoms with Crippen LogP contribution >= 0.6 is 0 Å². The second-order valence-corrected chi connectivity index (χ2v) is 6.45. The number of amides is 4. The van der Waals surface area contributed by atoms with Gasteiger partial charge in [-0.3, -0.25) is 14.5 Å². The first-order valence-corrected chi connectivity index (χ1v) is 8.96. The number of likely N-dealkylation sites (tertiary alicyclic amines) is 1. The van der Waals surface area contributed by atoms with Gasteiger partial charge in [-0.25, -0.2) is 9.78 Å². The van der Waals surface area contributed by atoms with Gasteiger partial charge in [-0.2, -0.15) is 5.26 Å². The van der Waals surface area contributed by atoms with Gasteiger partial charge in [-0.1, -0.05) is 0 Å². The number of piperazine rings is 1. The number of rotatable bonds is 3. The first kappa shape index (κ1) is 18.6. The highest BCUT2D eigenvalue weighted by Gasteiger charge is 2.38. The van der Waals surface area contributed by atoms with Gasteiger partial charge in [0.1, 0.15) is 6.10 Å². The third-order valence-electron chi connectivity index (χ3n) is 4.72. The predicted octanol–water partition coefficient (Wildman–Crippen LogP) is 0.607. The van der Waals surface area contributed by atoms with E-state index in [2.05, 4.69) is 4.98 Å². The number of hydrogen-bond acceptors (Lipinski definition) is 6. The van der Waals surface area contributed by atoms with E-state index in [0.717, 1.165) is 11.3 Å². The van der Waals surface area contributed by atoms with E-state index < -0.39 is 17.8 Å². The summed E-state index contributed by atoms with van der Waals surface area (Å²) in [4.78, 5) is 45.1. The highest BCUT2D eigenvalue weighted by atomic mass is 16.5. The van der Waals surface area contributed by atoms with Gasteiger partial charge < -0.3 is 14.5 Å². The van der Waals surface area contributed by atoms with Gasteiger partial charge in [-0.15, -0.1) is 0 Å². The van der Waals surface area contributed by atoms with E-state index in [4.69, 9.17) is 10.00 Å². The van der Waals surface area contributed by atoms with Crippen LogP contribution in [0.2, 0.25) is 0 Å². The molecule has 27 heavy (non-hydrogen) atoms. The Morgan fingerprint density at radius 1 is 1.33 bits per heavy atom. The van der Waals surface area contributed by atoms with Crippen molar-refractivity contribution in [2.75, 3.05) is 32.7 Å². The van der Waals surface area contributed by atoms with Crippen LogP contribution < -0.4 is 4.74 Å². The van der Waals surface area contributed by atoms with Crippen molar-refractivity contribution in [3.05, 3.63) is 23.9 Å². The highest BCUT2D eigenvalue weighted by molar-refractivity contribution is 6.38. The standard InChI is InChI=1S/C18H21N5O4/c1-2-21-8-9-23(17(25)16(21)24)18(26)22-7-3-4-14(12-22)27-15-10-13(11-19)5-6-20-15/h5-6,10,14H,2-4,7-9,12H2,1H3. The van der Waals surface area contributed by atoms with Crippen molar-refractivity contribution < 1.29 is 19.1 Å². The molecule has 1 atom stereocenters. The van der Waals surface area contributed by atoms with Crippen LogP contribution in [0.1, 0.15) is 25.3 Å². The van der Waals surface area contributed by atoms with Crippen molar-refractivity contribution in [1.82, 2.24) is 19.7 Å². The Kier molecular flexibility index (Phi) is 5.54. The molecule has 2 saturated heterocycles. The maximum atomic E-state index is 12.7. The number of piperidine rings is 1. The van der Waals surface area contributed by atoms with Crippen molar-refractivity contribution in [3.63, 3.8) is 0 Å². The molecule has 1 aromatic heterocycles. The molecule has 1 aromatic rings. The molecule has 0 radical (unpaired) electrons. The van der Waals surface area contributed by atoms with Crippen LogP contribution in [0, 0.1) is 11.3 Å². The number of nitrogens with zero attached hydrogens (tertiary/aromatic N) is 5. The highest BCUT2D eigenvalue weighted by Crippen LogP contribution is 2.19. The molecule has 0 aliphatic carbocycles. The van der Waals surface area contributed by atoms with Crippen LogP contribution in [-0.2, 0) is 9.59 Å². The molecule has 0 spiro atoms. The summed E-state index contributed by atoms with van der Waals surface area (Å²) >= 11 is 0. The maximum Gasteiger partial charge on any atom is 0.327 e. The lowest BCUT2D eigenvalue weighted by molar-refractivity contribution is -0.154. The molecule has 0 N–H and O–H groups in total. The first-order valence-electron chi connectivity index (χ1n) is 8.96. The molecule has 3 rings (SSSR count). The van der Waals surface area contributed by atoms with E-state index in [0.29, 0.717) is 44.0 Å². The molecular formula is C18H21N5O4. The third kappa shape index (κ3) is 4.00. The summed E-state index contributed by atoms with van der Waals surface area (Å²) in [5, 5.41) is 8.96. The molecule has 0 bridgehead atoms. The van der Waals surface area contributed by atoms with E-state index >= 15 is 0 Å². The quantitative estimate of drug-likeness (QED) is 0.721. The molecule has 4 amide bonds. The number of carbonyl (C=O) groups excluding carboxylic acids is 3. The van der Waals surface area contributed by atoms with Gasteiger partial charge in [0.05, 0.1) is 18.2 Å². The molecule has 9 nitrogen and oxygen atoms in total. The predicted molar refractivity (Wildman–Crippen MR) is 93.5 cm³/mol. The van der Waals surface area contributed by atoms with Crippen LogP contribution in [0.3, 0.4) is 0 Å². The average molecular weight is 371 g/mol. The van der Waals surface area contributed by atoms with Gasteiger partial charge >= 0.3 is 17.8 Å². The molecule has 9 heteroatoms. The summed E-state index contributed by atoms with van der Waals surface area (Å²) in [6.45, 7) is 3.59. The zero-order valence-electron chi connectivity index (χ0n) is 15.1. The number of ether oxygens (including phenoxy) is 1. The van der Waals surface area contributed by atoms with Crippen LogP contribution in [0.25, 0.3) is 0 Å². The normalized spacial score (nSPS) is 20.4. The summed E-state index contributed by atoms with van der Waals surface area (Å²) in [5.41, 5.74) is 0.446. The fourth-order valence-electron chi connectivity index (χ4n) is 3.25. The molecule has 0 aromatic carbocycles. The third-order valence-corrected chi connectivity index (χ3v) is 4.72. The summed E-state index contributed by atoms with van der Waals surface area (Å²) in [6, 6.07) is 4.70. The topological polar surface area (TPSA) is 107 Å². The summed E-state index contributed by atoms with van der Waals surface area (Å²) < 4.78 is 5.81. The fraction of sp³-hybridized carbons (Fsp3) is 0.500. The smallest absolute Gasteiger partial charge is 0.327 e. The van der Waals surface area contributed by atoms with Crippen LogP contribution in [-0.4, -0.2) is 76.4 Å². The van der Waals surface area contributed by atoms with Crippen LogP contribution in [0.15, 0.2) is 18.3 Å². The Morgan fingerprint density at radius 3 is 2.89 bits per heavy atom. The van der Waals surface area contributed by atoms with Crippen molar-refractivity contribution in [3.8, 4) is 11.9 Å². The number of likely N-dealkylation sites (N-methyl/N-ethyl adjacent to an activating group) is 1. The van der Waals surface area contributed by atoms with Gasteiger partial charge in [0.15, 0.2) is 0 Å². The van der Waals surface area contributed by atoms with Crippen LogP contribution in [0.5, 0.6) is 5.88 Å². The Morgan fingerprint density at radius 2 is 2.15 bits per heavy atom. The van der Waals surface area contributed by atoms with E-state index in [1.54, 1.807) is 19.1 Å². The van der Waals surface area contributed by atoms with E-state index in [1.807, 2.05) is 6.07 Å². The maximum absolute atomic E-state index is 12.7. The number of hydrogen-bond donors (Lipinski definition) is 0. The number of aromatic nitrogens is 1. The molecule has 3 heterocycles. The molecule has 142 valence electrons. The van der Waals surface area contributed by atoms with Gasteiger partial charge in [0.25, 0.3) is 0 Å². The van der Waals surface area contributed by atoms with Gasteiger partial charge in [0.2, 0.25) is 5.88 Å². The fourth-order valence-corrected chi connectivity index (χ4v) is 3.25. The lowest BCUT2D eigenvalue weighted by Gasteiger charge is -2.38. The lowest BCUT2D eigenvalue weighted by Crippen LogP contribution is -2.60. The Balaban J connectivity index is 1.63. The minimum atomic E-state index is -0.778. The van der Waals surface area contributed by atoms with E-state index in [1.165, 1.54) is 16.0 Å². The van der Waals surface area contributed by atoms with Gasteiger partial charge in [0, 0.05) is 38.4 Å². The number of urea groups is 1. The van der Waals surface area contributed by atoms with E-state index in [9.17, 15) is 14.4 Å². The van der Waals surface area contributed by atoms with Crippen molar-refractivity contribution >= 4 is 17.8 Å². The zero-order valence-corrected chi connectivity index (χ0v) is 15.1. The first-order chi connectivity index (χ1) is 13.0. The molecule has 2 fully saturated rings. The monoisotopic (exact) mass is 371 g/mol. The summed E-state index contributed by atoms with van der Waals surface area (Å²) in [6.07, 6.45) is 2.66. The second-order valence-electron chi connectivity index (χ2n) is 6.45. The largest absolute Gasteiger partial charge is 0.472 e. The van der Waals surface area contributed by atoms with Gasteiger partial charge in [-0.05, 0) is 25.8 Å². The van der Waals surface area contributed by atoms with Crippen LogP contribution in [0.4, 0.5) is 4.79 Å². The van der Waals surface area contributed by atoms with Crippen molar-refractivity contribution in [2.45, 2.75) is 25.9 Å². The Bertz CT molecular complexity index is 790. The number of imide groups is 1. The average Bonchev–Trinajstić information content (AvgIpc) is 2.70. The second kappa shape index (κ2) is 8.03. The number of pyridine rings is 1. The Hall–Kier alpha value is -3.15. The zero-order chi connectivity index (χ0) is 19.4. The minimum Gasteiger partial charge on any atom is -0.472 e. The van der Waals surface area contributed by atoms with Crippen molar-refractivity contribution in [2.24, 2.45) is 0 Å². The molecule has 2 aliphatic heterocycles. The van der Waals surface area contributed by atoms with Crippen molar-refractivity contribution in [1.29, 1.82) is 5.26 Å². The molecular weight excluding hydrogens is 350 g/mol. The number of nitriles is 1. The summed E-state index contributed by atoms with van der Waals surface area (Å²) in [5.74, 6) is -1.09. The molecule has 1 unspecified atom stereocenters. The summed E-state index contributed by atoms with van der Waals surface area (Å²) in [7, 11) is 0. The number of carbonyl (C=O) groups is 3. The molecule has 2 aliphatic rings. The van der Waals surface area contributed by atoms with E-state index in [-0.39, 0.29) is 12.6 Å². The molecule has 0 saturated carbocycles. The lowest BCUT2D eigenvalue weighted by atomic mass is 10.1.